The minimum absolute atomic E-state index is 0.461. The summed E-state index contributed by atoms with van der Waals surface area (Å²) in [4.78, 5) is 7.21. The van der Waals surface area contributed by atoms with E-state index in [4.69, 9.17) is 9.40 Å². The van der Waals surface area contributed by atoms with Crippen molar-refractivity contribution in [3.05, 3.63) is 47.4 Å². The van der Waals surface area contributed by atoms with Crippen molar-refractivity contribution in [2.24, 2.45) is 7.05 Å². The summed E-state index contributed by atoms with van der Waals surface area (Å²) in [7, 11) is 1.97. The van der Waals surface area contributed by atoms with Crippen LogP contribution in [0, 0.1) is 0 Å². The summed E-state index contributed by atoms with van der Waals surface area (Å²) in [5, 5.41) is 7.40. The molecule has 0 N–H and O–H groups in total. The fourth-order valence-corrected chi connectivity index (χ4v) is 3.88. The van der Waals surface area contributed by atoms with Gasteiger partial charge in [0.15, 0.2) is 10.8 Å². The summed E-state index contributed by atoms with van der Waals surface area (Å²) < 4.78 is 7.30. The number of thiazole rings is 1. The fraction of sp³-hybridized carbons (Fsp3) is 0.375. The molecule has 1 fully saturated rings. The average molecular weight is 314 g/mol. The van der Waals surface area contributed by atoms with Crippen molar-refractivity contribution in [1.29, 1.82) is 0 Å². The molecular formula is C16H18N4OS. The Kier molecular flexibility index (Phi) is 3.56. The van der Waals surface area contributed by atoms with Crippen molar-refractivity contribution in [2.75, 3.05) is 6.54 Å². The Hall–Kier alpha value is -1.92. The molecule has 1 unspecified atom stereocenters. The molecule has 3 aromatic heterocycles. The first-order chi connectivity index (χ1) is 10.8. The van der Waals surface area contributed by atoms with Gasteiger partial charge >= 0.3 is 0 Å². The van der Waals surface area contributed by atoms with Gasteiger partial charge in [0.2, 0.25) is 0 Å². The van der Waals surface area contributed by atoms with Crippen LogP contribution in [0.25, 0.3) is 10.8 Å². The minimum atomic E-state index is 0.461. The van der Waals surface area contributed by atoms with E-state index in [1.807, 2.05) is 30.1 Å². The van der Waals surface area contributed by atoms with E-state index >= 15 is 0 Å². The molecule has 0 saturated carbocycles. The molecule has 0 aromatic carbocycles. The monoisotopic (exact) mass is 314 g/mol. The molecule has 114 valence electrons. The lowest BCUT2D eigenvalue weighted by atomic mass is 10.1. The van der Waals surface area contributed by atoms with E-state index in [0.29, 0.717) is 6.04 Å². The normalized spacial score (nSPS) is 19.0. The maximum absolute atomic E-state index is 5.42. The number of likely N-dealkylation sites (tertiary alicyclic amines) is 1. The summed E-state index contributed by atoms with van der Waals surface area (Å²) >= 11 is 1.64. The lowest BCUT2D eigenvalue weighted by Crippen LogP contribution is -2.22. The molecule has 1 aliphatic heterocycles. The summed E-state index contributed by atoms with van der Waals surface area (Å²) in [5.41, 5.74) is 2.42. The van der Waals surface area contributed by atoms with Gasteiger partial charge in [-0.25, -0.2) is 4.98 Å². The molecule has 1 aliphatic rings. The summed E-state index contributed by atoms with van der Waals surface area (Å²) in [6.45, 7) is 2.00. The van der Waals surface area contributed by atoms with Gasteiger partial charge in [0.1, 0.15) is 0 Å². The second-order valence-corrected chi connectivity index (χ2v) is 6.56. The number of nitrogens with zero attached hydrogens (tertiary/aromatic N) is 4. The predicted molar refractivity (Wildman–Crippen MR) is 85.4 cm³/mol. The SMILES string of the molecule is Cn1cc(C2CCCN2Cc2csc(-c3ccco3)n2)cn1. The van der Waals surface area contributed by atoms with Gasteiger partial charge in [-0.05, 0) is 31.5 Å². The Labute approximate surface area is 133 Å². The highest BCUT2D eigenvalue weighted by Crippen LogP contribution is 2.33. The topological polar surface area (TPSA) is 47.1 Å². The van der Waals surface area contributed by atoms with Crippen molar-refractivity contribution in [3.63, 3.8) is 0 Å². The van der Waals surface area contributed by atoms with Gasteiger partial charge in [-0.15, -0.1) is 11.3 Å². The molecule has 6 heteroatoms. The van der Waals surface area contributed by atoms with Crippen LogP contribution in [0.3, 0.4) is 0 Å². The third kappa shape index (κ3) is 2.60. The minimum Gasteiger partial charge on any atom is -0.462 e. The number of aryl methyl sites for hydroxylation is 1. The number of hydrogen-bond acceptors (Lipinski definition) is 5. The lowest BCUT2D eigenvalue weighted by molar-refractivity contribution is 0.246. The largest absolute Gasteiger partial charge is 0.462 e. The van der Waals surface area contributed by atoms with E-state index in [1.165, 1.54) is 18.4 Å². The van der Waals surface area contributed by atoms with Crippen molar-refractivity contribution in [2.45, 2.75) is 25.4 Å². The molecule has 0 bridgehead atoms. The molecule has 1 atom stereocenters. The number of hydrogen-bond donors (Lipinski definition) is 0. The average Bonchev–Trinajstić information content (AvgIpc) is 3.26. The number of rotatable bonds is 4. The van der Waals surface area contributed by atoms with E-state index in [-0.39, 0.29) is 0 Å². The van der Waals surface area contributed by atoms with Gasteiger partial charge in [0.25, 0.3) is 0 Å². The summed E-state index contributed by atoms with van der Waals surface area (Å²) in [6.07, 6.45) is 8.22. The molecule has 5 nitrogen and oxygen atoms in total. The Bertz CT molecular complexity index is 746. The van der Waals surface area contributed by atoms with Crippen LogP contribution in [0.5, 0.6) is 0 Å². The quantitative estimate of drug-likeness (QED) is 0.740. The van der Waals surface area contributed by atoms with Crippen LogP contribution in [0.15, 0.2) is 40.6 Å². The first kappa shape index (κ1) is 13.7. The summed E-state index contributed by atoms with van der Waals surface area (Å²) in [5.74, 6) is 0.849. The van der Waals surface area contributed by atoms with Crippen LogP contribution in [0.2, 0.25) is 0 Å². The van der Waals surface area contributed by atoms with Gasteiger partial charge in [-0.1, -0.05) is 0 Å². The highest BCUT2D eigenvalue weighted by molar-refractivity contribution is 7.13. The first-order valence-corrected chi connectivity index (χ1v) is 8.38. The van der Waals surface area contributed by atoms with Crippen molar-refractivity contribution >= 4 is 11.3 Å². The zero-order valence-electron chi connectivity index (χ0n) is 12.5. The van der Waals surface area contributed by atoms with Gasteiger partial charge in [-0.2, -0.15) is 5.10 Å². The van der Waals surface area contributed by atoms with Crippen molar-refractivity contribution < 1.29 is 4.42 Å². The molecule has 0 aliphatic carbocycles. The van der Waals surface area contributed by atoms with Crippen LogP contribution in [-0.2, 0) is 13.6 Å². The predicted octanol–water partition coefficient (Wildman–Crippen LogP) is 3.47. The van der Waals surface area contributed by atoms with Crippen molar-refractivity contribution in [3.8, 4) is 10.8 Å². The fourth-order valence-electron chi connectivity index (χ4n) is 3.11. The van der Waals surface area contributed by atoms with Crippen LogP contribution in [-0.4, -0.2) is 26.2 Å². The standard InChI is InChI=1S/C16H18N4OS/c1-19-9-12(8-17-19)14-4-2-6-20(14)10-13-11-22-16(18-13)15-5-3-7-21-15/h3,5,7-9,11,14H,2,4,6,10H2,1H3. The van der Waals surface area contributed by atoms with Crippen LogP contribution < -0.4 is 0 Å². The van der Waals surface area contributed by atoms with E-state index in [0.717, 1.165) is 29.6 Å². The summed E-state index contributed by atoms with van der Waals surface area (Å²) in [6, 6.07) is 4.31. The van der Waals surface area contributed by atoms with Gasteiger partial charge in [0, 0.05) is 36.8 Å². The van der Waals surface area contributed by atoms with Crippen LogP contribution >= 0.6 is 11.3 Å². The second kappa shape index (κ2) is 5.70. The maximum Gasteiger partial charge on any atom is 0.162 e. The third-order valence-corrected chi connectivity index (χ3v) is 5.03. The number of aromatic nitrogens is 3. The smallest absolute Gasteiger partial charge is 0.162 e. The Morgan fingerprint density at radius 2 is 2.41 bits per heavy atom. The molecule has 4 heterocycles. The highest BCUT2D eigenvalue weighted by atomic mass is 32.1. The van der Waals surface area contributed by atoms with E-state index in [9.17, 15) is 0 Å². The van der Waals surface area contributed by atoms with Crippen LogP contribution in [0.1, 0.15) is 30.1 Å². The van der Waals surface area contributed by atoms with E-state index in [2.05, 4.69) is 21.6 Å². The highest BCUT2D eigenvalue weighted by Gasteiger charge is 2.27. The van der Waals surface area contributed by atoms with Gasteiger partial charge < -0.3 is 4.42 Å². The Morgan fingerprint density at radius 3 is 3.18 bits per heavy atom. The lowest BCUT2D eigenvalue weighted by Gasteiger charge is -2.22. The molecule has 0 amide bonds. The second-order valence-electron chi connectivity index (χ2n) is 5.70. The van der Waals surface area contributed by atoms with Gasteiger partial charge in [0.05, 0.1) is 18.2 Å². The van der Waals surface area contributed by atoms with E-state index in [1.54, 1.807) is 17.6 Å². The molecular weight excluding hydrogens is 296 g/mol. The van der Waals surface area contributed by atoms with Gasteiger partial charge in [-0.3, -0.25) is 9.58 Å². The van der Waals surface area contributed by atoms with E-state index < -0.39 is 0 Å². The molecule has 22 heavy (non-hydrogen) atoms. The molecule has 0 radical (unpaired) electrons. The Balaban J connectivity index is 1.50. The van der Waals surface area contributed by atoms with Crippen LogP contribution in [0.4, 0.5) is 0 Å². The maximum atomic E-state index is 5.42. The first-order valence-electron chi connectivity index (χ1n) is 7.50. The van der Waals surface area contributed by atoms with Crippen molar-refractivity contribution in [1.82, 2.24) is 19.7 Å². The molecule has 3 aromatic rings. The third-order valence-electron chi connectivity index (χ3n) is 4.12. The molecule has 4 rings (SSSR count). The zero-order valence-corrected chi connectivity index (χ0v) is 13.3. The Morgan fingerprint density at radius 1 is 1.45 bits per heavy atom. The molecule has 1 saturated heterocycles. The number of furan rings is 1. The zero-order chi connectivity index (χ0) is 14.9. The molecule has 0 spiro atoms.